The van der Waals surface area contributed by atoms with Crippen molar-refractivity contribution in [3.05, 3.63) is 0 Å². The first-order chi connectivity index (χ1) is 9.52. The van der Waals surface area contributed by atoms with Crippen LogP contribution in [0.25, 0.3) is 0 Å². The summed E-state index contributed by atoms with van der Waals surface area (Å²) in [5.41, 5.74) is -0.336. The number of Topliss-reactive ketones (excluding diaryl/α,β-unsaturated/α-hetero) is 1. The molecule has 118 valence electrons. The van der Waals surface area contributed by atoms with E-state index in [4.69, 9.17) is 14.7 Å². The van der Waals surface area contributed by atoms with E-state index in [9.17, 15) is 4.79 Å². The third-order valence-electron chi connectivity index (χ3n) is 3.98. The first-order valence-electron chi connectivity index (χ1n) is 8.03. The van der Waals surface area contributed by atoms with Crippen molar-refractivity contribution in [2.24, 2.45) is 5.41 Å². The molecule has 0 aromatic heterocycles. The van der Waals surface area contributed by atoms with E-state index >= 15 is 0 Å². The molecule has 4 nitrogen and oxygen atoms in total. The predicted molar refractivity (Wildman–Crippen MR) is 82.2 cm³/mol. The van der Waals surface area contributed by atoms with Crippen LogP contribution in [0.2, 0.25) is 0 Å². The Bertz CT molecular complexity index is 234. The molecule has 0 bridgehead atoms. The van der Waals surface area contributed by atoms with Crippen LogP contribution < -0.4 is 0 Å². The lowest BCUT2D eigenvalue weighted by molar-refractivity contribution is -0.133. The van der Waals surface area contributed by atoms with Crippen LogP contribution in [0.1, 0.15) is 78.6 Å². The van der Waals surface area contributed by atoms with Crippen LogP contribution in [0.3, 0.4) is 0 Å². The van der Waals surface area contributed by atoms with Crippen LogP contribution in [0.4, 0.5) is 0 Å². The van der Waals surface area contributed by atoms with Crippen molar-refractivity contribution in [3.63, 3.8) is 0 Å². The van der Waals surface area contributed by atoms with Gasteiger partial charge in [0, 0.05) is 5.41 Å². The zero-order valence-corrected chi connectivity index (χ0v) is 13.4. The summed E-state index contributed by atoms with van der Waals surface area (Å²) in [6.07, 6.45) is 8.93. The van der Waals surface area contributed by atoms with Crippen LogP contribution >= 0.6 is 0 Å². The Morgan fingerprint density at radius 2 is 1.35 bits per heavy atom. The fraction of sp³-hybridized carbons (Fsp3) is 0.933. The third kappa shape index (κ3) is 7.41. The lowest BCUT2D eigenvalue weighted by Crippen LogP contribution is -2.36. The van der Waals surface area contributed by atoms with E-state index in [1.54, 1.807) is 0 Å². The van der Waals surface area contributed by atoms with Gasteiger partial charge < -0.3 is 14.7 Å². The molecule has 0 fully saturated rings. The second-order valence-corrected chi connectivity index (χ2v) is 5.65. The number of rotatable bonds is 13. The molecule has 0 aliphatic heterocycles. The molecule has 0 aliphatic rings. The summed E-state index contributed by atoms with van der Waals surface area (Å²) in [6, 6.07) is 0. The van der Waals surface area contributed by atoms with Gasteiger partial charge in [0.25, 0.3) is 0 Å². The van der Waals surface area contributed by atoms with Gasteiger partial charge in [-0.15, -0.1) is 0 Å². The van der Waals surface area contributed by atoms with Crippen LogP contribution in [0.5, 0.6) is 0 Å². The second kappa shape index (κ2) is 11.3. The smallest absolute Gasteiger partial charge is 0.402 e. The zero-order valence-electron chi connectivity index (χ0n) is 13.4. The highest BCUT2D eigenvalue weighted by atomic mass is 16.6. The Morgan fingerprint density at radius 1 is 0.950 bits per heavy atom. The number of carbonyl (C=O) groups excluding carboxylic acids is 1. The van der Waals surface area contributed by atoms with E-state index < -0.39 is 7.32 Å². The molecule has 0 aromatic carbocycles. The topological polar surface area (TPSA) is 66.8 Å². The lowest BCUT2D eigenvalue weighted by atomic mass is 9.71. The van der Waals surface area contributed by atoms with Gasteiger partial charge in [-0.2, -0.15) is 0 Å². The molecule has 0 saturated heterocycles. The second-order valence-electron chi connectivity index (χ2n) is 5.65. The molecule has 0 spiro atoms. The van der Waals surface area contributed by atoms with E-state index in [1.807, 2.05) is 0 Å². The van der Waals surface area contributed by atoms with Crippen molar-refractivity contribution in [1.82, 2.24) is 0 Å². The maximum absolute atomic E-state index is 12.5. The molecule has 0 unspecified atom stereocenters. The number of hydrogen-bond acceptors (Lipinski definition) is 4. The zero-order chi connectivity index (χ0) is 15.4. The van der Waals surface area contributed by atoms with Crippen molar-refractivity contribution >= 4 is 13.1 Å². The minimum atomic E-state index is -1.86. The van der Waals surface area contributed by atoms with Gasteiger partial charge in [0.05, 0.1) is 6.61 Å². The monoisotopic (exact) mass is 286 g/mol. The number of carbonyl (C=O) groups is 1. The number of ketones is 1. The average molecular weight is 286 g/mol. The summed E-state index contributed by atoms with van der Waals surface area (Å²) >= 11 is 0. The van der Waals surface area contributed by atoms with Gasteiger partial charge in [-0.25, -0.2) is 0 Å². The highest BCUT2D eigenvalue weighted by Crippen LogP contribution is 2.37. The number of unbranched alkanes of at least 4 members (excludes halogenated alkanes) is 3. The maximum Gasteiger partial charge on any atom is 0.634 e. The lowest BCUT2D eigenvalue weighted by Gasteiger charge is -2.33. The Kier molecular flexibility index (Phi) is 11.1. The summed E-state index contributed by atoms with van der Waals surface area (Å²) in [7, 11) is -1.86. The van der Waals surface area contributed by atoms with Crippen molar-refractivity contribution in [3.8, 4) is 0 Å². The SMILES string of the molecule is CCCCC(CCCC)(CCCC)C(=O)COB(O)O. The van der Waals surface area contributed by atoms with Gasteiger partial charge in [-0.3, -0.25) is 4.79 Å². The van der Waals surface area contributed by atoms with E-state index in [1.165, 1.54) is 0 Å². The van der Waals surface area contributed by atoms with Gasteiger partial charge in [0.2, 0.25) is 0 Å². The Morgan fingerprint density at radius 3 is 1.65 bits per heavy atom. The van der Waals surface area contributed by atoms with E-state index in [0.29, 0.717) is 0 Å². The quantitative estimate of drug-likeness (QED) is 0.510. The molecule has 20 heavy (non-hydrogen) atoms. The van der Waals surface area contributed by atoms with Crippen LogP contribution in [-0.2, 0) is 9.45 Å². The summed E-state index contributed by atoms with van der Waals surface area (Å²) in [5.74, 6) is 0.0287. The molecule has 0 amide bonds. The highest BCUT2D eigenvalue weighted by molar-refractivity contribution is 6.33. The summed E-state index contributed by atoms with van der Waals surface area (Å²) in [4.78, 5) is 12.5. The molecule has 0 atom stereocenters. The standard InChI is InChI=1S/C15H31BO4/c1-4-7-10-15(11-8-5-2,12-9-6-3)14(17)13-20-16(18)19/h18-19H,4-13H2,1-3H3. The average Bonchev–Trinajstić information content (AvgIpc) is 2.44. The minimum Gasteiger partial charge on any atom is -0.402 e. The molecule has 0 heterocycles. The van der Waals surface area contributed by atoms with Gasteiger partial charge in [0.1, 0.15) is 0 Å². The molecule has 5 heteroatoms. The largest absolute Gasteiger partial charge is 0.634 e. The first-order valence-corrected chi connectivity index (χ1v) is 8.03. The van der Waals surface area contributed by atoms with Crippen LogP contribution in [0.15, 0.2) is 0 Å². The molecule has 0 radical (unpaired) electrons. The molecule has 2 N–H and O–H groups in total. The predicted octanol–water partition coefficient (Wildman–Crippen LogP) is 3.10. The first kappa shape index (κ1) is 19.6. The normalized spacial score (nSPS) is 11.7. The molecular formula is C15H31BO4. The van der Waals surface area contributed by atoms with Crippen molar-refractivity contribution < 1.29 is 19.5 Å². The minimum absolute atomic E-state index is 0.0287. The summed E-state index contributed by atoms with van der Waals surface area (Å²) in [6.45, 7) is 6.18. The Labute approximate surface area is 124 Å². The van der Waals surface area contributed by atoms with Gasteiger partial charge in [-0.1, -0.05) is 59.3 Å². The molecule has 0 aromatic rings. The van der Waals surface area contributed by atoms with Gasteiger partial charge in [-0.05, 0) is 19.3 Å². The van der Waals surface area contributed by atoms with Crippen molar-refractivity contribution in [2.45, 2.75) is 78.6 Å². The molecule has 0 aliphatic carbocycles. The van der Waals surface area contributed by atoms with Gasteiger partial charge >= 0.3 is 7.32 Å². The fourth-order valence-corrected chi connectivity index (χ4v) is 2.64. The Balaban J connectivity index is 4.85. The maximum atomic E-state index is 12.5. The Hall–Kier alpha value is -0.385. The summed E-state index contributed by atoms with van der Waals surface area (Å²) in [5, 5.41) is 17.6. The molecular weight excluding hydrogens is 255 g/mol. The number of hydrogen-bond donors (Lipinski definition) is 2. The highest BCUT2D eigenvalue weighted by Gasteiger charge is 2.36. The van der Waals surface area contributed by atoms with E-state index in [2.05, 4.69) is 20.8 Å². The van der Waals surface area contributed by atoms with Gasteiger partial charge in [0.15, 0.2) is 5.78 Å². The van der Waals surface area contributed by atoms with E-state index in [-0.39, 0.29) is 17.8 Å². The molecule has 0 rings (SSSR count). The van der Waals surface area contributed by atoms with Crippen LogP contribution in [-0.4, -0.2) is 29.8 Å². The summed E-state index contributed by atoms with van der Waals surface area (Å²) < 4.78 is 4.71. The molecule has 0 saturated carbocycles. The van der Waals surface area contributed by atoms with Crippen molar-refractivity contribution in [1.29, 1.82) is 0 Å². The van der Waals surface area contributed by atoms with Crippen molar-refractivity contribution in [2.75, 3.05) is 6.61 Å². The fourth-order valence-electron chi connectivity index (χ4n) is 2.64. The third-order valence-corrected chi connectivity index (χ3v) is 3.98. The van der Waals surface area contributed by atoms with E-state index in [0.717, 1.165) is 57.8 Å². The van der Waals surface area contributed by atoms with Crippen LogP contribution in [0, 0.1) is 5.41 Å².